The molecule has 0 bridgehead atoms. The van der Waals surface area contributed by atoms with Gasteiger partial charge in [-0.05, 0) is 75.2 Å². The van der Waals surface area contributed by atoms with Gasteiger partial charge >= 0.3 is 6.09 Å². The minimum atomic E-state index is -0.585. The number of alkyl carbamates (subject to hydrolysis) is 1. The molecule has 0 saturated carbocycles. The average molecular weight is 640 g/mol. The zero-order valence-corrected chi connectivity index (χ0v) is 27.1. The first-order valence-corrected chi connectivity index (χ1v) is 16.4. The van der Waals surface area contributed by atoms with E-state index in [4.69, 9.17) is 14.2 Å². The van der Waals surface area contributed by atoms with Crippen molar-refractivity contribution in [1.82, 2.24) is 20.1 Å². The van der Waals surface area contributed by atoms with Gasteiger partial charge in [0, 0.05) is 38.9 Å². The van der Waals surface area contributed by atoms with E-state index in [2.05, 4.69) is 20.4 Å². The second-order valence-electron chi connectivity index (χ2n) is 13.5. The van der Waals surface area contributed by atoms with Gasteiger partial charge in [0.25, 0.3) is 5.91 Å². The van der Waals surface area contributed by atoms with Crippen LogP contribution in [0.25, 0.3) is 27.4 Å². The minimum Gasteiger partial charge on any atom is -0.451 e. The van der Waals surface area contributed by atoms with Gasteiger partial charge in [0.05, 0.1) is 36.0 Å². The Morgan fingerprint density at radius 2 is 1.77 bits per heavy atom. The van der Waals surface area contributed by atoms with Crippen molar-refractivity contribution < 1.29 is 23.8 Å². The van der Waals surface area contributed by atoms with Crippen LogP contribution in [0, 0.1) is 0 Å². The Hall–Kier alpha value is -4.61. The Kier molecular flexibility index (Phi) is 8.27. The number of carbonyl (C=O) groups is 2. The molecule has 2 fully saturated rings. The number of anilines is 1. The van der Waals surface area contributed by atoms with Crippen molar-refractivity contribution in [2.75, 3.05) is 57.4 Å². The van der Waals surface area contributed by atoms with Crippen molar-refractivity contribution in [3.8, 4) is 17.2 Å². The highest BCUT2D eigenvalue weighted by atomic mass is 16.6. The zero-order valence-electron chi connectivity index (χ0n) is 27.1. The number of morpholine rings is 1. The van der Waals surface area contributed by atoms with Gasteiger partial charge in [-0.25, -0.2) is 4.79 Å². The highest BCUT2D eigenvalue weighted by Gasteiger charge is 2.32. The molecule has 2 N–H and O–H groups in total. The fourth-order valence-corrected chi connectivity index (χ4v) is 6.66. The van der Waals surface area contributed by atoms with E-state index in [1.54, 1.807) is 12.3 Å². The maximum absolute atomic E-state index is 13.9. The number of fused-ring (bicyclic) bond motifs is 3. The van der Waals surface area contributed by atoms with Crippen molar-refractivity contribution in [1.29, 1.82) is 0 Å². The minimum absolute atomic E-state index is 0.0892. The third kappa shape index (κ3) is 6.37. The lowest BCUT2D eigenvalue weighted by molar-refractivity contribution is 0.0374. The number of benzene rings is 3. The third-order valence-electron chi connectivity index (χ3n) is 8.93. The molecule has 1 aromatic heterocycles. The van der Waals surface area contributed by atoms with Crippen LogP contribution in [-0.2, 0) is 9.47 Å². The highest BCUT2D eigenvalue weighted by molar-refractivity contribution is 6.02. The first-order valence-electron chi connectivity index (χ1n) is 16.4. The van der Waals surface area contributed by atoms with Crippen LogP contribution in [0.2, 0.25) is 0 Å². The number of rotatable bonds is 7. The number of nitrogens with one attached hydrogen (secondary N) is 2. The van der Waals surface area contributed by atoms with E-state index in [9.17, 15) is 14.4 Å². The van der Waals surface area contributed by atoms with Crippen LogP contribution < -0.4 is 25.7 Å². The number of hydrogen-bond acceptors (Lipinski definition) is 8. The van der Waals surface area contributed by atoms with Crippen molar-refractivity contribution >= 4 is 39.4 Å². The smallest absolute Gasteiger partial charge is 0.407 e. The number of hydrogen-bond donors (Lipinski definition) is 2. The summed E-state index contributed by atoms with van der Waals surface area (Å²) in [7, 11) is 0. The van der Waals surface area contributed by atoms with Crippen LogP contribution in [0.1, 0.15) is 44.0 Å². The van der Waals surface area contributed by atoms with Crippen molar-refractivity contribution in [3.05, 3.63) is 70.5 Å². The topological polar surface area (TPSA) is 114 Å². The lowest BCUT2D eigenvalue weighted by Gasteiger charge is -2.29. The standard InChI is InChI=1S/C36H41N5O6/c1-36(2,3)47-35(44)38-25-11-14-40(21-25)28-10-9-26-31-33(28)46-30-20-24-8-5-4-7-23(24)19-29(30)41(31)22-27(32(26)42)34(43)37-12-6-13-39-15-17-45-18-16-39/h4-5,7-10,19-20,22,25H,6,11-18,21H2,1-3H3,(H,37,43)(H,38,44). The maximum Gasteiger partial charge on any atom is 0.407 e. The lowest BCUT2D eigenvalue weighted by atomic mass is 10.0. The van der Waals surface area contributed by atoms with Crippen LogP contribution in [-0.4, -0.2) is 85.6 Å². The SMILES string of the molecule is CC(C)(C)OC(=O)NC1CCN(c2ccc3c(=O)c(C(=O)NCCCN4CCOCC4)cn4c3c2Oc2cc3ccccc3cc2-4)C1. The predicted molar refractivity (Wildman–Crippen MR) is 181 cm³/mol. The number of amides is 2. The zero-order chi connectivity index (χ0) is 32.7. The molecule has 4 aromatic rings. The number of nitrogens with zero attached hydrogens (tertiary/aromatic N) is 3. The van der Waals surface area contributed by atoms with Crippen molar-refractivity contribution in [2.45, 2.75) is 45.3 Å². The van der Waals surface area contributed by atoms with Gasteiger partial charge < -0.3 is 34.3 Å². The van der Waals surface area contributed by atoms with E-state index >= 15 is 0 Å². The summed E-state index contributed by atoms with van der Waals surface area (Å²) in [4.78, 5) is 44.4. The van der Waals surface area contributed by atoms with Gasteiger partial charge in [0.2, 0.25) is 5.43 Å². The summed E-state index contributed by atoms with van der Waals surface area (Å²) >= 11 is 0. The number of aromatic nitrogens is 1. The van der Waals surface area contributed by atoms with Gasteiger partial charge in [-0.1, -0.05) is 24.3 Å². The van der Waals surface area contributed by atoms with Crippen molar-refractivity contribution in [3.63, 3.8) is 0 Å². The van der Waals surface area contributed by atoms with Crippen LogP contribution in [0.3, 0.4) is 0 Å². The summed E-state index contributed by atoms with van der Waals surface area (Å²) in [5.41, 5.74) is 1.35. The Morgan fingerprint density at radius 3 is 2.53 bits per heavy atom. The number of pyridine rings is 1. The summed E-state index contributed by atoms with van der Waals surface area (Å²) < 4.78 is 19.5. The molecule has 11 nitrogen and oxygen atoms in total. The van der Waals surface area contributed by atoms with Crippen LogP contribution in [0.15, 0.2) is 59.5 Å². The van der Waals surface area contributed by atoms with Gasteiger partial charge in [-0.3, -0.25) is 14.5 Å². The Morgan fingerprint density at radius 1 is 1.00 bits per heavy atom. The first-order chi connectivity index (χ1) is 22.6. The molecule has 3 aliphatic rings. The molecule has 246 valence electrons. The number of ether oxygens (including phenoxy) is 3. The molecule has 1 unspecified atom stereocenters. The van der Waals surface area contributed by atoms with E-state index < -0.39 is 17.6 Å². The fraction of sp³-hybridized carbons (Fsp3) is 0.417. The summed E-state index contributed by atoms with van der Waals surface area (Å²) in [6, 6.07) is 15.6. The molecule has 7 rings (SSSR count). The van der Waals surface area contributed by atoms with E-state index in [-0.39, 0.29) is 17.0 Å². The van der Waals surface area contributed by atoms with Crippen LogP contribution in [0.5, 0.6) is 11.5 Å². The van der Waals surface area contributed by atoms with Gasteiger partial charge in [-0.15, -0.1) is 0 Å². The second kappa shape index (κ2) is 12.5. The van der Waals surface area contributed by atoms with E-state index in [1.807, 2.05) is 67.8 Å². The summed E-state index contributed by atoms with van der Waals surface area (Å²) in [6.07, 6.45) is 2.72. The Bertz CT molecular complexity index is 1910. The lowest BCUT2D eigenvalue weighted by Crippen LogP contribution is -2.40. The first kappa shape index (κ1) is 31.0. The largest absolute Gasteiger partial charge is 0.451 e. The normalized spacial score (nSPS) is 17.8. The quantitative estimate of drug-likeness (QED) is 0.244. The molecule has 11 heteroatoms. The Balaban J connectivity index is 1.22. The van der Waals surface area contributed by atoms with Crippen molar-refractivity contribution in [2.24, 2.45) is 0 Å². The van der Waals surface area contributed by atoms with Crippen LogP contribution in [0.4, 0.5) is 10.5 Å². The molecular weight excluding hydrogens is 598 g/mol. The van der Waals surface area contributed by atoms with Crippen LogP contribution >= 0.6 is 0 Å². The van der Waals surface area contributed by atoms with Gasteiger partial charge in [0.15, 0.2) is 11.5 Å². The molecule has 2 amide bonds. The molecule has 4 heterocycles. The summed E-state index contributed by atoms with van der Waals surface area (Å²) in [5.74, 6) is 0.795. The molecule has 0 aliphatic carbocycles. The second-order valence-corrected chi connectivity index (χ2v) is 13.5. The average Bonchev–Trinajstić information content (AvgIpc) is 3.50. The van der Waals surface area contributed by atoms with E-state index in [0.717, 1.165) is 67.8 Å². The molecule has 1 atom stereocenters. The Labute approximate surface area is 273 Å². The summed E-state index contributed by atoms with van der Waals surface area (Å²) in [6.45, 7) is 11.3. The molecule has 47 heavy (non-hydrogen) atoms. The third-order valence-corrected chi connectivity index (χ3v) is 8.93. The maximum atomic E-state index is 13.9. The molecule has 0 spiro atoms. The predicted octanol–water partition coefficient (Wildman–Crippen LogP) is 4.81. The van der Waals surface area contributed by atoms with E-state index in [1.165, 1.54) is 0 Å². The number of carbonyl (C=O) groups excluding carboxylic acids is 2. The fourth-order valence-electron chi connectivity index (χ4n) is 6.66. The highest BCUT2D eigenvalue weighted by Crippen LogP contribution is 2.46. The summed E-state index contributed by atoms with van der Waals surface area (Å²) in [5, 5.41) is 8.41. The molecule has 3 aromatic carbocycles. The molecule has 2 saturated heterocycles. The van der Waals surface area contributed by atoms with E-state index in [0.29, 0.717) is 42.0 Å². The molecular formula is C36H41N5O6. The van der Waals surface area contributed by atoms with Gasteiger partial charge in [0.1, 0.15) is 16.7 Å². The monoisotopic (exact) mass is 639 g/mol. The molecule has 3 aliphatic heterocycles. The molecule has 0 radical (unpaired) electrons. The van der Waals surface area contributed by atoms with Gasteiger partial charge in [-0.2, -0.15) is 0 Å².